The summed E-state index contributed by atoms with van der Waals surface area (Å²) in [5.41, 5.74) is 14.7. The standard InChI is InChI=1S/C84H86N6O6/c1-81(2,3)43-47-93-65-51-59(52-66(55-65)94-48-44-82(4,5)6)79-75-39-35-71(85-75)69(33-27-57-23-29-63(30-24-57)89(61-19-15-13-16-20-61)62-21-17-14-18-22-62)72-36-40-76(86-72)80(60-53-67(95-49-45-83(7,8)9)56-68(54-60)96-50-46-84(10,11)12)78-42-38-74(88-78)70(73-37-41-77(79)87-73)34-28-58-25-31-64(32-26-58)90(91)92/h13-26,29-32,35-42,51-56,85,88H,43-50H2,1-12H3. The van der Waals surface area contributed by atoms with Crippen LogP contribution in [-0.4, -0.2) is 51.3 Å². The predicted molar refractivity (Wildman–Crippen MR) is 394 cm³/mol. The highest BCUT2D eigenvalue weighted by Crippen LogP contribution is 2.41. The minimum atomic E-state index is -0.411. The number of aromatic amines is 2. The number of benzene rings is 6. The molecule has 0 aliphatic carbocycles. The van der Waals surface area contributed by atoms with Crippen molar-refractivity contribution in [2.24, 2.45) is 21.7 Å². The van der Waals surface area contributed by atoms with Gasteiger partial charge in [0.1, 0.15) is 23.0 Å². The fraction of sp³-hybridized carbons (Fsp3) is 0.286. The minimum absolute atomic E-state index is 0.0211. The molecule has 2 aliphatic rings. The summed E-state index contributed by atoms with van der Waals surface area (Å²) in [5, 5.41) is 11.8. The molecule has 0 saturated heterocycles. The lowest BCUT2D eigenvalue weighted by molar-refractivity contribution is -0.384. The Morgan fingerprint density at radius 3 is 1.06 bits per heavy atom. The number of non-ortho nitro benzene ring substituents is 1. The van der Waals surface area contributed by atoms with Gasteiger partial charge < -0.3 is 33.8 Å². The van der Waals surface area contributed by atoms with E-state index in [-0.39, 0.29) is 27.3 Å². The molecule has 488 valence electrons. The molecule has 0 radical (unpaired) electrons. The van der Waals surface area contributed by atoms with Crippen LogP contribution in [0.2, 0.25) is 0 Å². The predicted octanol–water partition coefficient (Wildman–Crippen LogP) is 21.4. The average Bonchev–Trinajstić information content (AvgIpc) is 1.59. The van der Waals surface area contributed by atoms with Crippen LogP contribution in [0, 0.1) is 55.5 Å². The van der Waals surface area contributed by atoms with Crippen molar-refractivity contribution in [1.82, 2.24) is 19.9 Å². The van der Waals surface area contributed by atoms with Crippen LogP contribution >= 0.6 is 0 Å². The molecule has 0 fully saturated rings. The third-order valence-corrected chi connectivity index (χ3v) is 16.5. The summed E-state index contributed by atoms with van der Waals surface area (Å²) in [6.45, 7) is 28.6. The molecule has 9 aromatic rings. The number of para-hydroxylation sites is 2. The second kappa shape index (κ2) is 28.6. The Hall–Kier alpha value is -10.6. The van der Waals surface area contributed by atoms with Gasteiger partial charge in [0.05, 0.1) is 76.3 Å². The second-order valence-corrected chi connectivity index (χ2v) is 29.4. The molecule has 12 nitrogen and oxygen atoms in total. The number of nitro groups is 1. The van der Waals surface area contributed by atoms with Gasteiger partial charge in [-0.3, -0.25) is 10.1 Å². The first-order valence-corrected chi connectivity index (χ1v) is 33.1. The summed E-state index contributed by atoms with van der Waals surface area (Å²) >= 11 is 0. The van der Waals surface area contributed by atoms with E-state index >= 15 is 0 Å². The number of rotatable bonds is 18. The Kier molecular flexibility index (Phi) is 19.9. The number of hydrogen-bond donors (Lipinski definition) is 2. The molecule has 0 amide bonds. The molecule has 8 bridgehead atoms. The summed E-state index contributed by atoms with van der Waals surface area (Å²) < 4.78 is 26.6. The van der Waals surface area contributed by atoms with E-state index in [0.717, 1.165) is 87.1 Å². The zero-order chi connectivity index (χ0) is 67.8. The number of ether oxygens (including phenoxy) is 4. The average molecular weight is 1280 g/mol. The van der Waals surface area contributed by atoms with Crippen LogP contribution in [-0.2, 0) is 0 Å². The lowest BCUT2D eigenvalue weighted by atomic mass is 9.93. The van der Waals surface area contributed by atoms with Gasteiger partial charge >= 0.3 is 0 Å². The maximum Gasteiger partial charge on any atom is 0.269 e. The quantitative estimate of drug-likeness (QED) is 0.0488. The highest BCUT2D eigenvalue weighted by Gasteiger charge is 2.22. The van der Waals surface area contributed by atoms with Crippen molar-refractivity contribution in [3.8, 4) is 68.9 Å². The molecule has 11 rings (SSSR count). The van der Waals surface area contributed by atoms with Crippen molar-refractivity contribution >= 4 is 69.1 Å². The van der Waals surface area contributed by atoms with Crippen LogP contribution in [0.3, 0.4) is 0 Å². The number of aromatic nitrogens is 4. The van der Waals surface area contributed by atoms with Crippen molar-refractivity contribution in [1.29, 1.82) is 0 Å². The van der Waals surface area contributed by atoms with Gasteiger partial charge in [-0.25, -0.2) is 9.97 Å². The van der Waals surface area contributed by atoms with Crippen LogP contribution < -0.4 is 23.8 Å². The fourth-order valence-electron chi connectivity index (χ4n) is 11.0. The Morgan fingerprint density at radius 2 is 0.719 bits per heavy atom. The number of hydrogen-bond acceptors (Lipinski definition) is 9. The fourth-order valence-corrected chi connectivity index (χ4v) is 11.0. The highest BCUT2D eigenvalue weighted by molar-refractivity contribution is 5.96. The van der Waals surface area contributed by atoms with Crippen LogP contribution in [0.25, 0.3) is 68.6 Å². The van der Waals surface area contributed by atoms with E-state index < -0.39 is 4.92 Å². The van der Waals surface area contributed by atoms with E-state index in [9.17, 15) is 10.1 Å². The largest absolute Gasteiger partial charge is 0.493 e. The van der Waals surface area contributed by atoms with Gasteiger partial charge in [-0.05, 0) is 192 Å². The van der Waals surface area contributed by atoms with Gasteiger partial charge in [0.2, 0.25) is 0 Å². The topological polar surface area (TPSA) is 141 Å². The molecule has 6 aromatic carbocycles. The van der Waals surface area contributed by atoms with E-state index in [1.165, 1.54) is 12.1 Å². The first-order chi connectivity index (χ1) is 45.8. The van der Waals surface area contributed by atoms with Gasteiger partial charge in [0.15, 0.2) is 0 Å². The zero-order valence-corrected chi connectivity index (χ0v) is 57.4. The third kappa shape index (κ3) is 17.6. The van der Waals surface area contributed by atoms with Crippen molar-refractivity contribution < 1.29 is 23.9 Å². The van der Waals surface area contributed by atoms with Crippen LogP contribution in [0.1, 0.15) is 154 Å². The van der Waals surface area contributed by atoms with E-state index in [1.54, 1.807) is 12.1 Å². The monoisotopic (exact) mass is 1270 g/mol. The van der Waals surface area contributed by atoms with Crippen molar-refractivity contribution in [3.05, 3.63) is 225 Å². The zero-order valence-electron chi connectivity index (χ0n) is 57.4. The van der Waals surface area contributed by atoms with Crippen LogP contribution in [0.15, 0.2) is 170 Å². The number of anilines is 3. The molecule has 2 N–H and O–H groups in total. The molecule has 0 atom stereocenters. The van der Waals surface area contributed by atoms with E-state index in [0.29, 0.717) is 94.4 Å². The summed E-state index contributed by atoms with van der Waals surface area (Å²) in [4.78, 5) is 32.4. The Morgan fingerprint density at radius 1 is 0.396 bits per heavy atom. The van der Waals surface area contributed by atoms with E-state index in [1.807, 2.05) is 60.7 Å². The van der Waals surface area contributed by atoms with Crippen LogP contribution in [0.5, 0.6) is 23.0 Å². The van der Waals surface area contributed by atoms with Gasteiger partial charge in [-0.15, -0.1) is 0 Å². The van der Waals surface area contributed by atoms with Crippen molar-refractivity contribution in [2.45, 2.75) is 109 Å². The first-order valence-electron chi connectivity index (χ1n) is 33.1. The molecule has 0 unspecified atom stereocenters. The molecule has 3 aromatic heterocycles. The number of H-pyrrole nitrogens is 2. The van der Waals surface area contributed by atoms with Gasteiger partial charge in [0.25, 0.3) is 5.69 Å². The number of nitrogens with one attached hydrogen (secondary N) is 2. The summed E-state index contributed by atoms with van der Waals surface area (Å²) in [6.07, 6.45) is 11.5. The van der Waals surface area contributed by atoms with Gasteiger partial charge in [0, 0.05) is 74.6 Å². The summed E-state index contributed by atoms with van der Waals surface area (Å²) in [5.74, 6) is 16.7. The normalized spacial score (nSPS) is 12.1. The molecular formula is C84H86N6O6. The molecule has 96 heavy (non-hydrogen) atoms. The molecule has 0 spiro atoms. The molecule has 5 heterocycles. The molecule has 2 aliphatic heterocycles. The van der Waals surface area contributed by atoms with Crippen molar-refractivity contribution in [3.63, 3.8) is 0 Å². The Labute approximate surface area is 565 Å². The third-order valence-electron chi connectivity index (χ3n) is 16.5. The van der Waals surface area contributed by atoms with Crippen molar-refractivity contribution in [2.75, 3.05) is 31.3 Å². The van der Waals surface area contributed by atoms with E-state index in [2.05, 4.69) is 231 Å². The van der Waals surface area contributed by atoms with Crippen LogP contribution in [0.4, 0.5) is 22.7 Å². The maximum absolute atomic E-state index is 11.8. The Balaban J connectivity index is 1.18. The lowest BCUT2D eigenvalue weighted by Gasteiger charge is -2.25. The number of nitro benzene ring substituents is 1. The first kappa shape index (κ1) is 66.9. The maximum atomic E-state index is 11.8. The lowest BCUT2D eigenvalue weighted by Crippen LogP contribution is -2.12. The SMILES string of the molecule is CC(C)(C)CCOc1cc(OCCC(C)(C)C)cc(-c2c3nc(c(C#Cc4ccc([N+](=O)[O-])cc4)c4ccc([nH]4)c(-c4cc(OCCC(C)(C)C)cc(OCCC(C)(C)C)c4)c4nc(c(C#Cc5ccc(N(c6ccccc6)c6ccccc6)cc5)c5ccc2[nH]5)C=C4)C=C3)c1. The molecule has 12 heteroatoms. The summed E-state index contributed by atoms with van der Waals surface area (Å²) in [7, 11) is 0. The number of fused-ring (bicyclic) bond motifs is 8. The molecular weight excluding hydrogens is 1190 g/mol. The Bertz CT molecular complexity index is 4460. The van der Waals surface area contributed by atoms with E-state index in [4.69, 9.17) is 28.9 Å². The summed E-state index contributed by atoms with van der Waals surface area (Å²) in [6, 6.07) is 55.8. The minimum Gasteiger partial charge on any atom is -0.493 e. The van der Waals surface area contributed by atoms with Gasteiger partial charge in [-0.1, -0.05) is 143 Å². The molecule has 0 saturated carbocycles. The van der Waals surface area contributed by atoms with Gasteiger partial charge in [-0.2, -0.15) is 0 Å². The highest BCUT2D eigenvalue weighted by atomic mass is 16.6. The smallest absolute Gasteiger partial charge is 0.269 e. The number of nitrogens with zero attached hydrogens (tertiary/aromatic N) is 4. The second-order valence-electron chi connectivity index (χ2n) is 29.4.